The number of aromatic nitrogens is 2. The van der Waals surface area contributed by atoms with Crippen molar-refractivity contribution in [3.63, 3.8) is 0 Å². The van der Waals surface area contributed by atoms with Crippen LogP contribution in [0.2, 0.25) is 0 Å². The van der Waals surface area contributed by atoms with E-state index in [1.54, 1.807) is 13.4 Å². The maximum absolute atomic E-state index is 5.76. The van der Waals surface area contributed by atoms with Crippen LogP contribution in [0.5, 0.6) is 5.75 Å². The van der Waals surface area contributed by atoms with Crippen LogP contribution < -0.4 is 19.3 Å². The van der Waals surface area contributed by atoms with E-state index in [0.717, 1.165) is 52.6 Å². The molecule has 0 radical (unpaired) electrons. The van der Waals surface area contributed by atoms with Crippen LogP contribution >= 0.6 is 0 Å². The van der Waals surface area contributed by atoms with Crippen molar-refractivity contribution in [1.82, 2.24) is 13.9 Å². The van der Waals surface area contributed by atoms with Crippen molar-refractivity contribution >= 4 is 40.9 Å². The lowest BCUT2D eigenvalue weighted by Crippen LogP contribution is -2.42. The Morgan fingerprint density at radius 2 is 2.15 bits per heavy atom. The van der Waals surface area contributed by atoms with Crippen LogP contribution in [0.25, 0.3) is 10.9 Å². The van der Waals surface area contributed by atoms with Gasteiger partial charge in [-0.25, -0.2) is 9.97 Å². The molecule has 0 bridgehead atoms. The first-order valence-corrected chi connectivity index (χ1v) is 8.97. The molecule has 134 valence electrons. The molecule has 3 aromatic rings. The molecule has 0 saturated heterocycles. The zero-order chi connectivity index (χ0) is 18.1. The molecule has 2 N–H and O–H groups in total. The van der Waals surface area contributed by atoms with Crippen LogP contribution in [-0.4, -0.2) is 30.3 Å². The van der Waals surface area contributed by atoms with Gasteiger partial charge in [0.15, 0.2) is 0 Å². The average molecular weight is 367 g/mol. The summed E-state index contributed by atoms with van der Waals surface area (Å²) < 4.78 is 5.74. The van der Waals surface area contributed by atoms with Crippen LogP contribution in [0.1, 0.15) is 12.5 Å². The third-order valence-corrected chi connectivity index (χ3v) is 5.41. The number of rotatable bonds is 5. The summed E-state index contributed by atoms with van der Waals surface area (Å²) in [6.45, 7) is 4.34. The third-order valence-electron chi connectivity index (χ3n) is 4.82. The summed E-state index contributed by atoms with van der Waals surface area (Å²) in [7, 11) is 1.67. The molecule has 7 heteroatoms. The fourth-order valence-electron chi connectivity index (χ4n) is 3.26. The fourth-order valence-corrected chi connectivity index (χ4v) is 3.48. The maximum atomic E-state index is 5.76. The van der Waals surface area contributed by atoms with Crippen molar-refractivity contribution in [3.8, 4) is 5.75 Å². The largest absolute Gasteiger partial charge is 0.497 e. The van der Waals surface area contributed by atoms with Crippen molar-refractivity contribution in [3.05, 3.63) is 48.3 Å². The first-order valence-electron chi connectivity index (χ1n) is 8.61. The molecule has 1 atom stereocenters. The van der Waals surface area contributed by atoms with E-state index in [-0.39, 0.29) is 0 Å². The molecule has 1 aliphatic rings. The molecule has 0 fully saturated rings. The summed E-state index contributed by atoms with van der Waals surface area (Å²) in [6.07, 6.45) is 1.59. The summed E-state index contributed by atoms with van der Waals surface area (Å²) in [5, 5.41) is 7.82. The second-order valence-electron chi connectivity index (χ2n) is 6.35. The SMILES string of the molecule is CC[N+]1([S-])CNc2cc3c(NCc4cccc(OC)c4)ncnc3cc21. The molecule has 26 heavy (non-hydrogen) atoms. The number of quaternary nitrogens is 1. The molecule has 1 unspecified atom stereocenters. The van der Waals surface area contributed by atoms with Gasteiger partial charge in [-0.15, -0.1) is 0 Å². The van der Waals surface area contributed by atoms with E-state index in [0.29, 0.717) is 10.4 Å². The minimum absolute atomic E-state index is 0.460. The first kappa shape index (κ1) is 16.9. The minimum atomic E-state index is 0.460. The number of anilines is 2. The van der Waals surface area contributed by atoms with E-state index in [2.05, 4.69) is 45.7 Å². The van der Waals surface area contributed by atoms with Crippen molar-refractivity contribution in [2.75, 3.05) is 31.0 Å². The summed E-state index contributed by atoms with van der Waals surface area (Å²) in [5.41, 5.74) is 4.19. The molecule has 4 rings (SSSR count). The van der Waals surface area contributed by atoms with Crippen molar-refractivity contribution in [2.24, 2.45) is 0 Å². The van der Waals surface area contributed by atoms with E-state index < -0.39 is 0 Å². The quantitative estimate of drug-likeness (QED) is 0.532. The molecule has 0 spiro atoms. The molecule has 6 nitrogen and oxygen atoms in total. The Bertz CT molecular complexity index is 964. The third kappa shape index (κ3) is 2.93. The van der Waals surface area contributed by atoms with Gasteiger partial charge >= 0.3 is 0 Å². The smallest absolute Gasteiger partial charge is 0.142 e. The van der Waals surface area contributed by atoms with Gasteiger partial charge in [-0.2, -0.15) is 0 Å². The van der Waals surface area contributed by atoms with Gasteiger partial charge in [-0.3, -0.25) is 0 Å². The number of benzene rings is 2. The lowest BCUT2D eigenvalue weighted by molar-refractivity contribution is 0.414. The summed E-state index contributed by atoms with van der Waals surface area (Å²) in [4.78, 5) is 8.88. The molecular formula is C19H21N5OS. The monoisotopic (exact) mass is 367 g/mol. The highest BCUT2D eigenvalue weighted by Gasteiger charge is 2.28. The van der Waals surface area contributed by atoms with Gasteiger partial charge < -0.3 is 32.1 Å². The van der Waals surface area contributed by atoms with Gasteiger partial charge in [0.2, 0.25) is 0 Å². The van der Waals surface area contributed by atoms with E-state index in [4.69, 9.17) is 17.6 Å². The van der Waals surface area contributed by atoms with Gasteiger partial charge in [0.1, 0.15) is 30.3 Å². The molecule has 2 aromatic carbocycles. The Labute approximate surface area is 158 Å². The predicted octanol–water partition coefficient (Wildman–Crippen LogP) is 3.42. The maximum Gasteiger partial charge on any atom is 0.142 e. The molecule has 1 aliphatic heterocycles. The highest BCUT2D eigenvalue weighted by Crippen LogP contribution is 2.40. The number of hydrogen-bond donors (Lipinski definition) is 2. The van der Waals surface area contributed by atoms with Crippen LogP contribution in [0.3, 0.4) is 0 Å². The van der Waals surface area contributed by atoms with Crippen molar-refractivity contribution in [1.29, 1.82) is 0 Å². The van der Waals surface area contributed by atoms with Gasteiger partial charge in [-0.1, -0.05) is 12.1 Å². The van der Waals surface area contributed by atoms with E-state index in [9.17, 15) is 0 Å². The van der Waals surface area contributed by atoms with Crippen LogP contribution in [0.15, 0.2) is 42.7 Å². The highest BCUT2D eigenvalue weighted by molar-refractivity contribution is 7.58. The van der Waals surface area contributed by atoms with Crippen LogP contribution in [0.4, 0.5) is 17.2 Å². The Hall–Kier alpha value is -2.51. The number of hydrogen-bond acceptors (Lipinski definition) is 6. The number of nitrogens with one attached hydrogen (secondary N) is 2. The average Bonchev–Trinajstić information content (AvgIpc) is 3.01. The van der Waals surface area contributed by atoms with Crippen LogP contribution in [0, 0.1) is 0 Å². The zero-order valence-corrected chi connectivity index (χ0v) is 15.6. The first-order chi connectivity index (χ1) is 12.6. The van der Waals surface area contributed by atoms with Gasteiger partial charge in [0, 0.05) is 18.0 Å². The summed E-state index contributed by atoms with van der Waals surface area (Å²) in [6, 6.07) is 12.2. The lowest BCUT2D eigenvalue weighted by Gasteiger charge is -2.38. The summed E-state index contributed by atoms with van der Waals surface area (Å²) in [5.74, 6) is 1.66. The van der Waals surface area contributed by atoms with Crippen LogP contribution in [-0.2, 0) is 19.4 Å². The second kappa shape index (κ2) is 6.66. The van der Waals surface area contributed by atoms with Gasteiger partial charge in [0.25, 0.3) is 0 Å². The van der Waals surface area contributed by atoms with Crippen molar-refractivity contribution < 1.29 is 4.74 Å². The van der Waals surface area contributed by atoms with E-state index in [1.807, 2.05) is 18.2 Å². The Kier molecular flexibility index (Phi) is 4.34. The van der Waals surface area contributed by atoms with E-state index in [1.165, 1.54) is 0 Å². The number of methoxy groups -OCH3 is 1. The zero-order valence-electron chi connectivity index (χ0n) is 14.8. The number of nitrogens with zero attached hydrogens (tertiary/aromatic N) is 3. The normalized spacial score (nSPS) is 18.4. The van der Waals surface area contributed by atoms with E-state index >= 15 is 0 Å². The predicted molar refractivity (Wildman–Crippen MR) is 108 cm³/mol. The Balaban J connectivity index is 1.66. The molecule has 0 aliphatic carbocycles. The topological polar surface area (TPSA) is 59.1 Å². The Morgan fingerprint density at radius 3 is 2.96 bits per heavy atom. The van der Waals surface area contributed by atoms with Gasteiger partial charge in [-0.05, 0) is 30.7 Å². The molecule has 2 heterocycles. The molecular weight excluding hydrogens is 346 g/mol. The van der Waals surface area contributed by atoms with Crippen molar-refractivity contribution in [2.45, 2.75) is 13.5 Å². The standard InChI is InChI=1S/C19H21N5OS/c1-3-24(26)12-23-17-8-15-16(9-18(17)24)21-11-22-19(15)20-10-13-5-4-6-14(7-13)25-2/h4-9,11,23H,3,10,12H2,1-2H3,(H,20,21,22). The highest BCUT2D eigenvalue weighted by atomic mass is 32.1. The lowest BCUT2D eigenvalue weighted by atomic mass is 10.1. The molecule has 0 amide bonds. The minimum Gasteiger partial charge on any atom is -0.497 e. The van der Waals surface area contributed by atoms with Gasteiger partial charge in [0.05, 0.1) is 24.9 Å². The molecule has 1 aromatic heterocycles. The Morgan fingerprint density at radius 1 is 1.27 bits per heavy atom. The number of fused-ring (bicyclic) bond motifs is 2. The summed E-state index contributed by atoms with van der Waals surface area (Å²) >= 11 is 5.76. The fraction of sp³-hybridized carbons (Fsp3) is 0.263. The number of ether oxygens (including phenoxy) is 1. The molecule has 0 saturated carbocycles. The second-order valence-corrected chi connectivity index (χ2v) is 7.05.